The van der Waals surface area contributed by atoms with Gasteiger partial charge in [-0.15, -0.1) is 0 Å². The molecule has 2 heteroatoms. The van der Waals surface area contributed by atoms with Crippen molar-refractivity contribution in [2.75, 3.05) is 19.6 Å². The summed E-state index contributed by atoms with van der Waals surface area (Å²) in [5.74, 6) is 0.605. The van der Waals surface area contributed by atoms with Gasteiger partial charge in [-0.25, -0.2) is 0 Å². The predicted molar refractivity (Wildman–Crippen MR) is 91.8 cm³/mol. The second kappa shape index (κ2) is 6.93. The number of hydrogen-bond acceptors (Lipinski definition) is 2. The summed E-state index contributed by atoms with van der Waals surface area (Å²) in [6.07, 6.45) is 0. The van der Waals surface area contributed by atoms with Crippen LogP contribution in [0.25, 0.3) is 0 Å². The maximum absolute atomic E-state index is 2.64. The lowest BCUT2D eigenvalue weighted by Crippen LogP contribution is -2.54. The van der Waals surface area contributed by atoms with Gasteiger partial charge in [0.2, 0.25) is 0 Å². The Bertz CT molecular complexity index is 453. The minimum atomic E-state index is 0.514. The summed E-state index contributed by atoms with van der Waals surface area (Å²) in [6.45, 7) is 17.4. The second-order valence-corrected chi connectivity index (χ2v) is 7.18. The van der Waals surface area contributed by atoms with Crippen LogP contribution in [-0.2, 0) is 0 Å². The molecule has 0 spiro atoms. The molecular formula is C19H32N2. The summed E-state index contributed by atoms with van der Waals surface area (Å²) < 4.78 is 0. The number of hydrogen-bond donors (Lipinski definition) is 0. The largest absolute Gasteiger partial charge is 0.296 e. The van der Waals surface area contributed by atoms with E-state index in [2.05, 4.69) is 75.6 Å². The molecule has 2 nitrogen and oxygen atoms in total. The van der Waals surface area contributed by atoms with E-state index in [1.165, 1.54) is 30.8 Å². The van der Waals surface area contributed by atoms with Crippen LogP contribution in [0.3, 0.4) is 0 Å². The first kappa shape index (κ1) is 16.5. The van der Waals surface area contributed by atoms with Crippen molar-refractivity contribution in [3.05, 3.63) is 35.4 Å². The van der Waals surface area contributed by atoms with Gasteiger partial charge in [0.05, 0.1) is 0 Å². The molecule has 1 aromatic rings. The topological polar surface area (TPSA) is 6.48 Å². The normalized spacial score (nSPS) is 23.0. The van der Waals surface area contributed by atoms with Crippen molar-refractivity contribution in [1.29, 1.82) is 0 Å². The summed E-state index contributed by atoms with van der Waals surface area (Å²) in [5, 5.41) is 0. The van der Waals surface area contributed by atoms with E-state index in [4.69, 9.17) is 0 Å². The van der Waals surface area contributed by atoms with E-state index >= 15 is 0 Å². The van der Waals surface area contributed by atoms with Crippen molar-refractivity contribution >= 4 is 0 Å². The fourth-order valence-corrected chi connectivity index (χ4v) is 3.51. The smallest absolute Gasteiger partial charge is 0.0321 e. The van der Waals surface area contributed by atoms with Crippen LogP contribution >= 0.6 is 0 Å². The van der Waals surface area contributed by atoms with Crippen LogP contribution in [0.2, 0.25) is 0 Å². The Kier molecular flexibility index (Phi) is 5.45. The molecule has 0 bridgehead atoms. The number of rotatable bonds is 4. The quantitative estimate of drug-likeness (QED) is 0.815. The molecule has 0 N–H and O–H groups in total. The monoisotopic (exact) mass is 288 g/mol. The van der Waals surface area contributed by atoms with Crippen LogP contribution in [0.5, 0.6) is 0 Å². The average molecular weight is 288 g/mol. The summed E-state index contributed by atoms with van der Waals surface area (Å²) in [5.41, 5.74) is 2.92. The molecule has 0 amide bonds. The van der Waals surface area contributed by atoms with Gasteiger partial charge in [0, 0.05) is 37.8 Å². The molecule has 0 unspecified atom stereocenters. The average Bonchev–Trinajstić information content (AvgIpc) is 2.46. The first-order valence-corrected chi connectivity index (χ1v) is 8.49. The zero-order valence-electron chi connectivity index (χ0n) is 14.6. The van der Waals surface area contributed by atoms with E-state index in [0.29, 0.717) is 24.0 Å². The molecule has 1 aliphatic heterocycles. The Morgan fingerprint density at radius 3 is 2.24 bits per heavy atom. The van der Waals surface area contributed by atoms with E-state index < -0.39 is 0 Å². The van der Waals surface area contributed by atoms with Gasteiger partial charge < -0.3 is 0 Å². The molecule has 2 atom stereocenters. The van der Waals surface area contributed by atoms with Gasteiger partial charge in [0.15, 0.2) is 0 Å². The first-order chi connectivity index (χ1) is 9.90. The maximum Gasteiger partial charge on any atom is 0.0321 e. The maximum atomic E-state index is 2.64. The lowest BCUT2D eigenvalue weighted by atomic mass is 9.97. The Morgan fingerprint density at radius 1 is 1.00 bits per heavy atom. The Balaban J connectivity index is 2.07. The van der Waals surface area contributed by atoms with Gasteiger partial charge in [0.1, 0.15) is 0 Å². The van der Waals surface area contributed by atoms with Crippen molar-refractivity contribution in [1.82, 2.24) is 9.80 Å². The molecule has 1 aliphatic rings. The number of piperazine rings is 1. The van der Waals surface area contributed by atoms with Crippen LogP contribution in [0.15, 0.2) is 24.3 Å². The van der Waals surface area contributed by atoms with Gasteiger partial charge in [-0.3, -0.25) is 9.80 Å². The highest BCUT2D eigenvalue weighted by Crippen LogP contribution is 2.26. The van der Waals surface area contributed by atoms with Crippen LogP contribution in [0.1, 0.15) is 64.6 Å². The first-order valence-electron chi connectivity index (χ1n) is 8.49. The molecule has 2 rings (SSSR count). The molecule has 0 radical (unpaired) electrons. The minimum absolute atomic E-state index is 0.514. The molecule has 0 saturated carbocycles. The summed E-state index contributed by atoms with van der Waals surface area (Å²) in [4.78, 5) is 5.26. The highest BCUT2D eigenvalue weighted by atomic mass is 15.3. The molecule has 0 aliphatic carbocycles. The zero-order chi connectivity index (χ0) is 15.6. The number of nitrogens with zero attached hydrogens (tertiary/aromatic N) is 2. The van der Waals surface area contributed by atoms with Crippen LogP contribution in [0, 0.1) is 0 Å². The van der Waals surface area contributed by atoms with Crippen molar-refractivity contribution in [2.45, 2.75) is 65.6 Å². The minimum Gasteiger partial charge on any atom is -0.296 e. The SMILES string of the molecule is CC(C)c1cccc([C@H](C)N2CCN(C(C)C)[C@@H](C)C2)c1. The fraction of sp³-hybridized carbons (Fsp3) is 0.684. The predicted octanol–water partition coefficient (Wildman–Crippen LogP) is 4.29. The highest BCUT2D eigenvalue weighted by molar-refractivity contribution is 5.28. The van der Waals surface area contributed by atoms with Gasteiger partial charge in [-0.1, -0.05) is 38.1 Å². The molecule has 0 aromatic heterocycles. The molecule has 21 heavy (non-hydrogen) atoms. The lowest BCUT2D eigenvalue weighted by molar-refractivity contribution is 0.0404. The van der Waals surface area contributed by atoms with Crippen molar-refractivity contribution in [3.8, 4) is 0 Å². The van der Waals surface area contributed by atoms with Crippen molar-refractivity contribution < 1.29 is 0 Å². The molecule has 118 valence electrons. The van der Waals surface area contributed by atoms with E-state index in [-0.39, 0.29) is 0 Å². The Hall–Kier alpha value is -0.860. The van der Waals surface area contributed by atoms with Gasteiger partial charge in [-0.05, 0) is 44.7 Å². The van der Waals surface area contributed by atoms with Gasteiger partial charge in [0.25, 0.3) is 0 Å². The second-order valence-electron chi connectivity index (χ2n) is 7.18. The van der Waals surface area contributed by atoms with Crippen LogP contribution < -0.4 is 0 Å². The van der Waals surface area contributed by atoms with Crippen molar-refractivity contribution in [2.24, 2.45) is 0 Å². The van der Waals surface area contributed by atoms with Gasteiger partial charge >= 0.3 is 0 Å². The van der Waals surface area contributed by atoms with Crippen LogP contribution in [0.4, 0.5) is 0 Å². The molecule has 1 saturated heterocycles. The standard InChI is InChI=1S/C19H32N2/c1-14(2)18-8-7-9-19(12-18)17(6)20-10-11-21(15(3)4)16(5)13-20/h7-9,12,14-17H,10-11,13H2,1-6H3/t16-,17-/m0/s1. The molecular weight excluding hydrogens is 256 g/mol. The van der Waals surface area contributed by atoms with Crippen molar-refractivity contribution in [3.63, 3.8) is 0 Å². The molecule has 1 aromatic carbocycles. The van der Waals surface area contributed by atoms with E-state index in [9.17, 15) is 0 Å². The van der Waals surface area contributed by atoms with E-state index in [1.807, 2.05) is 0 Å². The van der Waals surface area contributed by atoms with Crippen LogP contribution in [-0.4, -0.2) is 41.5 Å². The Morgan fingerprint density at radius 2 is 1.67 bits per heavy atom. The summed E-state index contributed by atoms with van der Waals surface area (Å²) in [6, 6.07) is 11.0. The number of benzene rings is 1. The summed E-state index contributed by atoms with van der Waals surface area (Å²) >= 11 is 0. The summed E-state index contributed by atoms with van der Waals surface area (Å²) in [7, 11) is 0. The zero-order valence-corrected chi connectivity index (χ0v) is 14.6. The third kappa shape index (κ3) is 3.87. The fourth-order valence-electron chi connectivity index (χ4n) is 3.51. The third-order valence-electron chi connectivity index (χ3n) is 4.98. The van der Waals surface area contributed by atoms with E-state index in [1.54, 1.807) is 0 Å². The third-order valence-corrected chi connectivity index (χ3v) is 4.98. The molecule has 1 fully saturated rings. The molecule has 1 heterocycles. The lowest BCUT2D eigenvalue weighted by Gasteiger charge is -2.44. The van der Waals surface area contributed by atoms with E-state index in [0.717, 1.165) is 0 Å². The van der Waals surface area contributed by atoms with Gasteiger partial charge in [-0.2, -0.15) is 0 Å². The Labute approximate surface area is 131 Å². The highest BCUT2D eigenvalue weighted by Gasteiger charge is 2.28.